The number of piperidine rings is 2. The van der Waals surface area contributed by atoms with Crippen molar-refractivity contribution in [2.24, 2.45) is 5.92 Å². The number of hydrogen-bond donors (Lipinski definition) is 0. The lowest BCUT2D eigenvalue weighted by Gasteiger charge is -2.47. The van der Waals surface area contributed by atoms with E-state index >= 15 is 0 Å². The SMILES string of the molecule is O=C(CCC(F)(F)F)N1CCC[C@@H]2CN(CCc3ccccc3)CC[C@@H]21. The molecule has 0 saturated carbocycles. The van der Waals surface area contributed by atoms with Gasteiger partial charge in [-0.3, -0.25) is 4.79 Å². The van der Waals surface area contributed by atoms with E-state index in [1.165, 1.54) is 5.56 Å². The van der Waals surface area contributed by atoms with Crippen molar-refractivity contribution in [1.29, 1.82) is 0 Å². The molecular formula is C20H27F3N2O. The van der Waals surface area contributed by atoms with E-state index in [-0.39, 0.29) is 11.9 Å². The Balaban J connectivity index is 1.51. The molecule has 0 N–H and O–H groups in total. The summed E-state index contributed by atoms with van der Waals surface area (Å²) >= 11 is 0. The second-order valence-corrected chi connectivity index (χ2v) is 7.50. The third-order valence-electron chi connectivity index (χ3n) is 5.65. The zero-order valence-electron chi connectivity index (χ0n) is 15.0. The summed E-state index contributed by atoms with van der Waals surface area (Å²) in [6, 6.07) is 10.5. The Labute approximate surface area is 153 Å². The molecule has 2 aliphatic heterocycles. The van der Waals surface area contributed by atoms with Gasteiger partial charge < -0.3 is 9.80 Å². The van der Waals surface area contributed by atoms with Gasteiger partial charge in [0.15, 0.2) is 0 Å². The Morgan fingerprint density at radius 3 is 2.62 bits per heavy atom. The molecule has 144 valence electrons. The second-order valence-electron chi connectivity index (χ2n) is 7.50. The molecule has 1 aromatic rings. The highest BCUT2D eigenvalue weighted by molar-refractivity contribution is 5.76. The third kappa shape index (κ3) is 5.22. The molecule has 26 heavy (non-hydrogen) atoms. The van der Waals surface area contributed by atoms with Gasteiger partial charge in [0, 0.05) is 38.6 Å². The van der Waals surface area contributed by atoms with Crippen LogP contribution in [0.3, 0.4) is 0 Å². The van der Waals surface area contributed by atoms with Crippen LogP contribution in [0.25, 0.3) is 0 Å². The number of likely N-dealkylation sites (tertiary alicyclic amines) is 2. The largest absolute Gasteiger partial charge is 0.389 e. The maximum absolute atomic E-state index is 12.4. The molecule has 3 rings (SSSR count). The number of carbonyl (C=O) groups excluding carboxylic acids is 1. The van der Waals surface area contributed by atoms with Gasteiger partial charge in [-0.2, -0.15) is 13.2 Å². The molecule has 1 aromatic carbocycles. The number of rotatable bonds is 5. The molecule has 0 aromatic heterocycles. The highest BCUT2D eigenvalue weighted by Gasteiger charge is 2.38. The molecule has 0 unspecified atom stereocenters. The smallest absolute Gasteiger partial charge is 0.339 e. The van der Waals surface area contributed by atoms with E-state index in [0.717, 1.165) is 45.3 Å². The van der Waals surface area contributed by atoms with Crippen molar-refractivity contribution in [3.8, 4) is 0 Å². The predicted octanol–water partition coefficient (Wildman–Crippen LogP) is 3.88. The molecule has 2 fully saturated rings. The standard InChI is InChI=1S/C20H27F3N2O/c21-20(22,23)11-8-19(26)25-12-4-7-17-15-24(14-10-18(17)25)13-9-16-5-2-1-3-6-16/h1-3,5-6,17-18H,4,7-15H2/t17-,18+/m1/s1. The van der Waals surface area contributed by atoms with Crippen molar-refractivity contribution >= 4 is 5.91 Å². The van der Waals surface area contributed by atoms with Gasteiger partial charge in [-0.05, 0) is 37.2 Å². The first kappa shape index (κ1) is 19.2. The summed E-state index contributed by atoms with van der Waals surface area (Å²) in [5.74, 6) is 0.0675. The number of amides is 1. The Bertz CT molecular complexity index is 590. The van der Waals surface area contributed by atoms with Crippen LogP contribution in [0.2, 0.25) is 0 Å². The minimum Gasteiger partial charge on any atom is -0.339 e. The Kier molecular flexibility index (Phi) is 6.22. The summed E-state index contributed by atoms with van der Waals surface area (Å²) in [7, 11) is 0. The summed E-state index contributed by atoms with van der Waals surface area (Å²) in [4.78, 5) is 16.5. The van der Waals surface area contributed by atoms with Crippen LogP contribution in [-0.4, -0.2) is 54.1 Å². The lowest BCUT2D eigenvalue weighted by molar-refractivity contribution is -0.153. The highest BCUT2D eigenvalue weighted by Crippen LogP contribution is 2.32. The van der Waals surface area contributed by atoms with E-state index in [1.54, 1.807) is 4.90 Å². The third-order valence-corrected chi connectivity index (χ3v) is 5.65. The first-order valence-electron chi connectivity index (χ1n) is 9.55. The monoisotopic (exact) mass is 368 g/mol. The average Bonchev–Trinajstić information content (AvgIpc) is 2.64. The van der Waals surface area contributed by atoms with Gasteiger partial charge in [0.25, 0.3) is 0 Å². The maximum Gasteiger partial charge on any atom is 0.389 e. The molecule has 2 atom stereocenters. The Morgan fingerprint density at radius 2 is 1.88 bits per heavy atom. The van der Waals surface area contributed by atoms with Crippen molar-refractivity contribution in [2.75, 3.05) is 26.2 Å². The molecule has 6 heteroatoms. The zero-order valence-corrected chi connectivity index (χ0v) is 15.0. The van der Waals surface area contributed by atoms with Crippen molar-refractivity contribution < 1.29 is 18.0 Å². The number of fused-ring (bicyclic) bond motifs is 1. The molecule has 0 bridgehead atoms. The van der Waals surface area contributed by atoms with Crippen molar-refractivity contribution in [3.63, 3.8) is 0 Å². The number of nitrogens with zero attached hydrogens (tertiary/aromatic N) is 2. The van der Waals surface area contributed by atoms with Crippen LogP contribution in [0.5, 0.6) is 0 Å². The van der Waals surface area contributed by atoms with E-state index in [0.29, 0.717) is 12.5 Å². The molecule has 3 nitrogen and oxygen atoms in total. The summed E-state index contributed by atoms with van der Waals surface area (Å²) in [6.07, 6.45) is -1.84. The van der Waals surface area contributed by atoms with Gasteiger partial charge in [-0.15, -0.1) is 0 Å². The van der Waals surface area contributed by atoms with Gasteiger partial charge in [0.1, 0.15) is 0 Å². The van der Waals surface area contributed by atoms with Crippen LogP contribution < -0.4 is 0 Å². The lowest BCUT2D eigenvalue weighted by atomic mass is 9.83. The summed E-state index contributed by atoms with van der Waals surface area (Å²) in [5.41, 5.74) is 1.32. The van der Waals surface area contributed by atoms with E-state index in [4.69, 9.17) is 0 Å². The first-order chi connectivity index (χ1) is 12.4. The van der Waals surface area contributed by atoms with Crippen molar-refractivity contribution in [2.45, 2.75) is 50.7 Å². The summed E-state index contributed by atoms with van der Waals surface area (Å²) in [6.45, 7) is 3.47. The van der Waals surface area contributed by atoms with E-state index < -0.39 is 19.0 Å². The van der Waals surface area contributed by atoms with Crippen LogP contribution in [0.15, 0.2) is 30.3 Å². The summed E-state index contributed by atoms with van der Waals surface area (Å²) in [5, 5.41) is 0. The molecule has 0 radical (unpaired) electrons. The van der Waals surface area contributed by atoms with E-state index in [9.17, 15) is 18.0 Å². The molecule has 2 heterocycles. The number of carbonyl (C=O) groups is 1. The fourth-order valence-corrected chi connectivity index (χ4v) is 4.32. The van der Waals surface area contributed by atoms with Gasteiger partial charge >= 0.3 is 6.18 Å². The molecule has 2 aliphatic rings. The normalized spacial score (nSPS) is 24.3. The van der Waals surface area contributed by atoms with Crippen molar-refractivity contribution in [1.82, 2.24) is 9.80 Å². The first-order valence-corrected chi connectivity index (χ1v) is 9.55. The molecule has 0 spiro atoms. The van der Waals surface area contributed by atoms with E-state index in [2.05, 4.69) is 17.0 Å². The molecular weight excluding hydrogens is 341 g/mol. The lowest BCUT2D eigenvalue weighted by Crippen LogP contribution is -2.56. The van der Waals surface area contributed by atoms with Crippen LogP contribution >= 0.6 is 0 Å². The van der Waals surface area contributed by atoms with Crippen LogP contribution in [0, 0.1) is 5.92 Å². The summed E-state index contributed by atoms with van der Waals surface area (Å²) < 4.78 is 37.2. The fraction of sp³-hybridized carbons (Fsp3) is 0.650. The highest BCUT2D eigenvalue weighted by atomic mass is 19.4. The van der Waals surface area contributed by atoms with Crippen LogP contribution in [0.1, 0.15) is 37.7 Å². The molecule has 1 amide bonds. The van der Waals surface area contributed by atoms with Gasteiger partial charge in [-0.25, -0.2) is 0 Å². The van der Waals surface area contributed by atoms with Gasteiger partial charge in [-0.1, -0.05) is 30.3 Å². The predicted molar refractivity (Wildman–Crippen MR) is 94.7 cm³/mol. The minimum absolute atomic E-state index is 0.123. The molecule has 2 saturated heterocycles. The molecule has 0 aliphatic carbocycles. The van der Waals surface area contributed by atoms with Crippen LogP contribution in [-0.2, 0) is 11.2 Å². The van der Waals surface area contributed by atoms with Gasteiger partial charge in [0.05, 0.1) is 6.42 Å². The minimum atomic E-state index is -4.26. The second kappa shape index (κ2) is 8.42. The quantitative estimate of drug-likeness (QED) is 0.787. The number of hydrogen-bond acceptors (Lipinski definition) is 2. The van der Waals surface area contributed by atoms with Crippen LogP contribution in [0.4, 0.5) is 13.2 Å². The fourth-order valence-electron chi connectivity index (χ4n) is 4.32. The van der Waals surface area contributed by atoms with E-state index in [1.807, 2.05) is 18.2 Å². The zero-order chi connectivity index (χ0) is 18.6. The van der Waals surface area contributed by atoms with Gasteiger partial charge in [0.2, 0.25) is 5.91 Å². The number of halogens is 3. The maximum atomic E-state index is 12.4. The number of benzene rings is 1. The van der Waals surface area contributed by atoms with Crippen molar-refractivity contribution in [3.05, 3.63) is 35.9 Å². The average molecular weight is 368 g/mol. The topological polar surface area (TPSA) is 23.6 Å². The Hall–Kier alpha value is -1.56. The number of alkyl halides is 3. The Morgan fingerprint density at radius 1 is 1.12 bits per heavy atom.